The smallest absolute Gasteiger partial charge is 0.327 e. The molecule has 50 heavy (non-hydrogen) atoms. The van der Waals surface area contributed by atoms with E-state index in [1.807, 2.05) is 37.3 Å². The molecule has 6 unspecified atom stereocenters. The van der Waals surface area contributed by atoms with Crippen LogP contribution in [0.2, 0.25) is 0 Å². The molecular formula is C29H48N6O9P2S4-2. The van der Waals surface area contributed by atoms with Crippen LogP contribution in [0, 0.1) is 12.3 Å². The maximum Gasteiger partial charge on any atom is 0.327 e. The average molecular weight is 819 g/mol. The molecule has 0 aromatic rings. The lowest BCUT2D eigenvalue weighted by atomic mass is 9.99. The van der Waals surface area contributed by atoms with Crippen LogP contribution < -0.4 is 31.9 Å². The number of nitrogens with one attached hydrogen (secondary N) is 6. The summed E-state index contributed by atoms with van der Waals surface area (Å²) >= 11 is 3.73. The highest BCUT2D eigenvalue weighted by molar-refractivity contribution is 8.76. The van der Waals surface area contributed by atoms with Gasteiger partial charge in [0.1, 0.15) is 12.1 Å². The van der Waals surface area contributed by atoms with Gasteiger partial charge >= 0.3 is 5.97 Å². The van der Waals surface area contributed by atoms with Crippen molar-refractivity contribution in [1.29, 1.82) is 0 Å². The van der Waals surface area contributed by atoms with E-state index in [4.69, 9.17) is 2.74 Å². The average Bonchev–Trinajstić information content (AvgIpc) is 3.09. The Balaban J connectivity index is 2.64. The summed E-state index contributed by atoms with van der Waals surface area (Å²) in [6.45, 7) is 0.530. The van der Waals surface area contributed by atoms with Crippen LogP contribution in [0.5, 0.6) is 0 Å². The van der Waals surface area contributed by atoms with E-state index >= 15 is 0 Å². The maximum absolute atomic E-state index is 13.1. The summed E-state index contributed by atoms with van der Waals surface area (Å²) in [5.41, 5.74) is 0. The molecule has 5 amide bonds. The van der Waals surface area contributed by atoms with E-state index in [1.54, 1.807) is 11.8 Å². The van der Waals surface area contributed by atoms with Crippen LogP contribution in [0.1, 0.15) is 41.3 Å². The van der Waals surface area contributed by atoms with E-state index in [-0.39, 0.29) is 56.0 Å². The summed E-state index contributed by atoms with van der Waals surface area (Å²) in [5, 5.41) is 26.2. The van der Waals surface area contributed by atoms with Gasteiger partial charge in [-0.1, -0.05) is 21.6 Å². The largest absolute Gasteiger partial charge is 0.480 e. The van der Waals surface area contributed by atoms with Crippen molar-refractivity contribution in [2.75, 3.05) is 56.2 Å². The number of carbonyl (C=O) groups is 8. The molecule has 21 heteroatoms. The van der Waals surface area contributed by atoms with Gasteiger partial charge in [0.15, 0.2) is 0 Å². The van der Waals surface area contributed by atoms with Crippen molar-refractivity contribution in [3.63, 3.8) is 0 Å². The van der Waals surface area contributed by atoms with Crippen molar-refractivity contribution in [3.05, 3.63) is 12.3 Å². The van der Waals surface area contributed by atoms with Gasteiger partial charge < -0.3 is 58.9 Å². The molecule has 0 aromatic carbocycles. The second kappa shape index (κ2) is 27.7. The van der Waals surface area contributed by atoms with Gasteiger partial charge in [-0.25, -0.2) is 4.79 Å². The molecule has 7 N–H and O–H groups in total. The third-order valence-electron chi connectivity index (χ3n) is 6.78. The third kappa shape index (κ3) is 21.5. The van der Waals surface area contributed by atoms with Crippen molar-refractivity contribution in [2.45, 2.75) is 61.1 Å². The first-order valence-corrected chi connectivity index (χ1v) is 21.4. The number of carbonyl (C=O) groups excluding carboxylic acids is 7. The first-order chi connectivity index (χ1) is 24.6. The van der Waals surface area contributed by atoms with Gasteiger partial charge in [-0.15, -0.1) is 0 Å². The fourth-order valence-corrected chi connectivity index (χ4v) is 9.30. The molecule has 284 valence electrons. The van der Waals surface area contributed by atoms with Gasteiger partial charge in [0.05, 0.1) is 0 Å². The van der Waals surface area contributed by atoms with E-state index in [2.05, 4.69) is 31.9 Å². The number of hydrogen-bond acceptors (Lipinski definition) is 13. The van der Waals surface area contributed by atoms with E-state index in [1.165, 1.54) is 0 Å². The van der Waals surface area contributed by atoms with E-state index in [0.29, 0.717) is 22.8 Å². The maximum atomic E-state index is 13.1. The highest BCUT2D eigenvalue weighted by Crippen LogP contribution is 2.39. The Morgan fingerprint density at radius 2 is 1.16 bits per heavy atom. The SMILES string of the molecule is [3H][C-](P)C(=O)CNC(=O)CCC(=O)NC(CSSCC(NC(=O)CCC(=O)NCC(=O)[C-]([3H])P)C(=O)NCCSC1CCC1SCCNC)C(=O)O. The molecule has 1 fully saturated rings. The second-order valence-electron chi connectivity index (χ2n) is 10.6. The molecule has 0 spiro atoms. The zero-order chi connectivity index (χ0) is 39.1. The number of aliphatic carboxylic acids is 1. The zero-order valence-electron chi connectivity index (χ0n) is 29.7. The molecule has 1 saturated carbocycles. The monoisotopic (exact) mass is 818 g/mol. The highest BCUT2D eigenvalue weighted by atomic mass is 33.1. The summed E-state index contributed by atoms with van der Waals surface area (Å²) in [4.78, 5) is 96.8. The predicted octanol–water partition coefficient (Wildman–Crippen LogP) is -0.240. The lowest BCUT2D eigenvalue weighted by molar-refractivity contribution is -0.141. The summed E-state index contributed by atoms with van der Waals surface area (Å²) < 4.78 is 14.4. The molecule has 0 aromatic heterocycles. The number of thioether (sulfide) groups is 2. The fourth-order valence-electron chi connectivity index (χ4n) is 3.85. The number of Topliss-reactive ketones (excluding diaryl/α,β-unsaturated/α-hetero) is 2. The minimum absolute atomic E-state index is 0.0338. The minimum atomic E-state index is -1.32. The molecule has 0 saturated heterocycles. The topological polar surface area (TPSA) is 229 Å². The summed E-state index contributed by atoms with van der Waals surface area (Å²) in [7, 11) is 7.90. The van der Waals surface area contributed by atoms with Crippen LogP contribution in [-0.4, -0.2) is 131 Å². The number of hydrogen-bond donors (Lipinski definition) is 7. The van der Waals surface area contributed by atoms with Gasteiger partial charge in [0, 0.05) is 96.9 Å². The van der Waals surface area contributed by atoms with Crippen molar-refractivity contribution in [3.8, 4) is 0 Å². The second-order valence-corrected chi connectivity index (χ2v) is 16.5. The molecule has 0 radical (unpaired) electrons. The molecule has 0 heterocycles. The quantitative estimate of drug-likeness (QED) is 0.0224. The first kappa shape index (κ1) is 42.5. The van der Waals surface area contributed by atoms with E-state index < -0.39 is 65.7 Å². The summed E-state index contributed by atoms with van der Waals surface area (Å²) in [6, 6.07) is -2.35. The number of rotatable bonds is 29. The molecular weight excluding hydrogens is 767 g/mol. The lowest BCUT2D eigenvalue weighted by Crippen LogP contribution is -2.49. The van der Waals surface area contributed by atoms with Gasteiger partial charge in [-0.05, 0) is 19.9 Å². The molecule has 0 bridgehead atoms. The zero-order valence-corrected chi connectivity index (χ0v) is 33.3. The van der Waals surface area contributed by atoms with Crippen LogP contribution in [0.4, 0.5) is 0 Å². The third-order valence-corrected chi connectivity index (χ3v) is 12.9. The number of carboxylic acid groups (broad SMARTS) is 1. The molecule has 1 rings (SSSR count). The van der Waals surface area contributed by atoms with Crippen molar-refractivity contribution >= 4 is 111 Å². The summed E-state index contributed by atoms with van der Waals surface area (Å²) in [6.07, 6.45) is 0.518. The Morgan fingerprint density at radius 1 is 0.720 bits per heavy atom. The molecule has 15 nitrogen and oxygen atoms in total. The van der Waals surface area contributed by atoms with Gasteiger partial charge in [-0.3, -0.25) is 42.5 Å². The predicted molar refractivity (Wildman–Crippen MR) is 208 cm³/mol. The molecule has 1 aliphatic rings. The minimum Gasteiger partial charge on any atom is -0.480 e. The van der Waals surface area contributed by atoms with Gasteiger partial charge in [0.2, 0.25) is 29.5 Å². The Kier molecular flexibility index (Phi) is 23.6. The van der Waals surface area contributed by atoms with Crippen molar-refractivity contribution in [1.82, 2.24) is 31.9 Å². The number of ketones is 2. The standard InChI is InChI=1S/C29H48N6O9P2S4/c1-30-8-10-47-22-2-3-23(22)48-11-9-31-28(42)20(34-26(40)6-4-24(38)32-12-18(36)14-45)16-49-50-17-21(29(43)44)35-27(41)7-5-25(39)33-13-19(37)15-46/h14-15,20-23,30H,2-13,16-17,45-46H2,1H3,(H,31,42)(H,32,38)(H,33,39)(H,34,40)(H,35,41)(H,43,44)/q-2/i14T,15T. The first-order valence-electron chi connectivity index (χ1n) is 16.6. The fraction of sp³-hybridized carbons (Fsp3) is 0.655. The van der Waals surface area contributed by atoms with E-state index in [9.17, 15) is 43.5 Å². The van der Waals surface area contributed by atoms with Crippen LogP contribution in [0.15, 0.2) is 0 Å². The normalized spacial score (nSPS) is 16.6. The number of carboxylic acids is 1. The van der Waals surface area contributed by atoms with Gasteiger partial charge in [-0.2, -0.15) is 26.3 Å². The molecule has 6 atom stereocenters. The highest BCUT2D eigenvalue weighted by Gasteiger charge is 2.31. The van der Waals surface area contributed by atoms with E-state index in [0.717, 1.165) is 46.7 Å². The Morgan fingerprint density at radius 3 is 1.60 bits per heavy atom. The van der Waals surface area contributed by atoms with Crippen LogP contribution in [-0.2, 0) is 38.4 Å². The lowest BCUT2D eigenvalue weighted by Gasteiger charge is -2.35. The Hall–Kier alpha value is -1.88. The molecule has 0 aliphatic heterocycles. The van der Waals surface area contributed by atoms with Crippen molar-refractivity contribution in [2.24, 2.45) is 0 Å². The summed E-state index contributed by atoms with van der Waals surface area (Å²) in [5.74, 6) is -3.83. The van der Waals surface area contributed by atoms with Gasteiger partial charge in [0.25, 0.3) is 0 Å². The van der Waals surface area contributed by atoms with Crippen LogP contribution in [0.3, 0.4) is 0 Å². The Bertz CT molecular complexity index is 1230. The Labute approximate surface area is 317 Å². The number of amides is 5. The van der Waals surface area contributed by atoms with Crippen LogP contribution in [0.25, 0.3) is 0 Å². The van der Waals surface area contributed by atoms with Crippen LogP contribution >= 0.6 is 63.6 Å². The molecule has 1 aliphatic carbocycles. The van der Waals surface area contributed by atoms with Crippen molar-refractivity contribution < 1.29 is 46.2 Å².